The quantitative estimate of drug-likeness (QED) is 0.602. The van der Waals surface area contributed by atoms with E-state index in [2.05, 4.69) is 25.8 Å². The number of hydrogen-bond donors (Lipinski definition) is 3. The second-order valence-electron chi connectivity index (χ2n) is 5.15. The van der Waals surface area contributed by atoms with Crippen LogP contribution < -0.4 is 16.1 Å². The first-order chi connectivity index (χ1) is 12.1. The van der Waals surface area contributed by atoms with Crippen LogP contribution in [0.3, 0.4) is 0 Å². The number of nitrogens with zero attached hydrogens (tertiary/aromatic N) is 4. The number of nitrogens with one attached hydrogen (secondary N) is 2. The van der Waals surface area contributed by atoms with Crippen molar-refractivity contribution in [2.75, 3.05) is 18.6 Å². The van der Waals surface area contributed by atoms with Crippen molar-refractivity contribution < 1.29 is 23.2 Å². The minimum Gasteiger partial charge on any atom is -0.427 e. The van der Waals surface area contributed by atoms with Gasteiger partial charge in [-0.1, -0.05) is 0 Å². The first kappa shape index (κ1) is 19.1. The Bertz CT molecular complexity index is 1040. The van der Waals surface area contributed by atoms with Gasteiger partial charge in [-0.3, -0.25) is 9.59 Å². The van der Waals surface area contributed by atoms with Crippen molar-refractivity contribution in [3.05, 3.63) is 35.6 Å². The lowest BCUT2D eigenvalue weighted by Gasteiger charge is -2.07. The summed E-state index contributed by atoms with van der Waals surface area (Å²) >= 11 is 0. The van der Waals surface area contributed by atoms with E-state index >= 15 is 0 Å². The number of pyridine rings is 1. The number of anilines is 1. The average Bonchev–Trinajstić information content (AvgIpc) is 2.54. The summed E-state index contributed by atoms with van der Waals surface area (Å²) in [6, 6.07) is 3.81. The van der Waals surface area contributed by atoms with Crippen LogP contribution in [0, 0.1) is 0 Å². The van der Waals surface area contributed by atoms with E-state index in [1.165, 1.54) is 38.4 Å². The van der Waals surface area contributed by atoms with Crippen molar-refractivity contribution >= 4 is 33.2 Å². The molecule has 0 fully saturated rings. The molecule has 26 heavy (non-hydrogen) atoms. The Morgan fingerprint density at radius 1 is 1.31 bits per heavy atom. The van der Waals surface area contributed by atoms with Crippen LogP contribution in [0.5, 0.6) is 0 Å². The number of rotatable bonds is 4. The third-order valence-electron chi connectivity index (χ3n) is 3.06. The zero-order valence-electron chi connectivity index (χ0n) is 14.1. The van der Waals surface area contributed by atoms with E-state index in [9.17, 15) is 23.2 Å². The number of amides is 2. The van der Waals surface area contributed by atoms with Crippen LogP contribution in [0.1, 0.15) is 17.4 Å². The molecule has 3 N–H and O–H groups in total. The fourth-order valence-corrected chi connectivity index (χ4v) is 2.77. The summed E-state index contributed by atoms with van der Waals surface area (Å²) in [4.78, 5) is 27.0. The normalized spacial score (nSPS) is 11.9. The maximum absolute atomic E-state index is 12.0. The van der Waals surface area contributed by atoms with Crippen molar-refractivity contribution in [3.8, 4) is 0 Å². The SMILES string of the molecule is CNC(=O)c1nnc(NC(C)=O)cc1N=c1c(S(C)(=O)=O)cccn1O. The van der Waals surface area contributed by atoms with Gasteiger partial charge < -0.3 is 15.8 Å². The van der Waals surface area contributed by atoms with Crippen LogP contribution in [0.15, 0.2) is 34.3 Å². The number of aromatic nitrogens is 3. The van der Waals surface area contributed by atoms with E-state index in [0.29, 0.717) is 4.73 Å². The molecule has 138 valence electrons. The molecule has 11 nitrogen and oxygen atoms in total. The summed E-state index contributed by atoms with van der Waals surface area (Å²) < 4.78 is 24.4. The van der Waals surface area contributed by atoms with Crippen LogP contribution in [-0.2, 0) is 14.6 Å². The molecule has 0 aromatic carbocycles. The second-order valence-corrected chi connectivity index (χ2v) is 7.13. The predicted octanol–water partition coefficient (Wildman–Crippen LogP) is -0.531. The lowest BCUT2D eigenvalue weighted by atomic mass is 10.3. The molecule has 2 aromatic heterocycles. The average molecular weight is 380 g/mol. The van der Waals surface area contributed by atoms with Crippen LogP contribution in [0.25, 0.3) is 0 Å². The molecule has 0 aliphatic carbocycles. The van der Waals surface area contributed by atoms with Gasteiger partial charge in [0.2, 0.25) is 5.91 Å². The van der Waals surface area contributed by atoms with Gasteiger partial charge in [0.15, 0.2) is 26.8 Å². The highest BCUT2D eigenvalue weighted by molar-refractivity contribution is 7.90. The van der Waals surface area contributed by atoms with Crippen LogP contribution in [-0.4, -0.2) is 53.7 Å². The third kappa shape index (κ3) is 4.22. The van der Waals surface area contributed by atoms with Gasteiger partial charge in [0.05, 0.1) is 0 Å². The Balaban J connectivity index is 2.81. The largest absolute Gasteiger partial charge is 0.427 e. The molecule has 2 aromatic rings. The lowest BCUT2D eigenvalue weighted by molar-refractivity contribution is -0.114. The lowest BCUT2D eigenvalue weighted by Crippen LogP contribution is -2.26. The highest BCUT2D eigenvalue weighted by atomic mass is 32.2. The van der Waals surface area contributed by atoms with Gasteiger partial charge in [0.1, 0.15) is 10.6 Å². The van der Waals surface area contributed by atoms with Crippen molar-refractivity contribution in [3.63, 3.8) is 0 Å². The van der Waals surface area contributed by atoms with Gasteiger partial charge >= 0.3 is 0 Å². The topological polar surface area (TPSA) is 156 Å². The fourth-order valence-electron chi connectivity index (χ4n) is 1.97. The summed E-state index contributed by atoms with van der Waals surface area (Å²) in [6.07, 6.45) is 2.13. The number of carbonyl (C=O) groups is 2. The molecule has 0 radical (unpaired) electrons. The Labute approximate surface area is 148 Å². The Morgan fingerprint density at radius 3 is 2.58 bits per heavy atom. The molecule has 12 heteroatoms. The molecular weight excluding hydrogens is 364 g/mol. The zero-order chi connectivity index (χ0) is 19.5. The monoisotopic (exact) mass is 380 g/mol. The first-order valence-corrected chi connectivity index (χ1v) is 9.05. The molecule has 0 saturated heterocycles. The summed E-state index contributed by atoms with van der Waals surface area (Å²) in [5.74, 6) is -1.05. The van der Waals surface area contributed by atoms with Crippen molar-refractivity contribution in [2.45, 2.75) is 11.8 Å². The second kappa shape index (κ2) is 7.31. The molecule has 0 aliphatic heterocycles. The first-order valence-electron chi connectivity index (χ1n) is 7.16. The minimum atomic E-state index is -3.72. The highest BCUT2D eigenvalue weighted by Gasteiger charge is 2.17. The van der Waals surface area contributed by atoms with Gasteiger partial charge in [-0.05, 0) is 12.1 Å². The summed E-state index contributed by atoms with van der Waals surface area (Å²) in [5, 5.41) is 22.1. The van der Waals surface area contributed by atoms with Crippen molar-refractivity contribution in [1.82, 2.24) is 20.2 Å². The predicted molar refractivity (Wildman–Crippen MR) is 89.7 cm³/mol. The van der Waals surface area contributed by atoms with Crippen LogP contribution in [0.2, 0.25) is 0 Å². The van der Waals surface area contributed by atoms with E-state index < -0.39 is 21.7 Å². The van der Waals surface area contributed by atoms with Gasteiger partial charge in [0, 0.05) is 32.5 Å². The van der Waals surface area contributed by atoms with E-state index in [0.717, 1.165) is 6.26 Å². The summed E-state index contributed by atoms with van der Waals surface area (Å²) in [6.45, 7) is 1.26. The Hall–Kier alpha value is -3.28. The summed E-state index contributed by atoms with van der Waals surface area (Å²) in [7, 11) is -2.36. The maximum Gasteiger partial charge on any atom is 0.273 e. The standard InChI is InChI=1S/C14H16N6O5S/c1-8(21)16-11-7-9(12(19-18-11)14(22)15-2)17-13-10(26(3,24)25)5-4-6-20(13)23/h4-7,23H,1-3H3,(H,15,22)(H,16,18,21). The third-order valence-corrected chi connectivity index (χ3v) is 4.18. The van der Waals surface area contributed by atoms with Gasteiger partial charge in [0.25, 0.3) is 5.91 Å². The van der Waals surface area contributed by atoms with E-state index in [1.807, 2.05) is 0 Å². The Kier molecular flexibility index (Phi) is 5.35. The molecule has 2 rings (SSSR count). The van der Waals surface area contributed by atoms with Gasteiger partial charge in [-0.15, -0.1) is 10.2 Å². The molecule has 2 heterocycles. The maximum atomic E-state index is 12.0. The number of carbonyl (C=O) groups excluding carboxylic acids is 2. The molecule has 0 aliphatic rings. The van der Waals surface area contributed by atoms with Crippen LogP contribution >= 0.6 is 0 Å². The van der Waals surface area contributed by atoms with Crippen LogP contribution in [0.4, 0.5) is 11.5 Å². The molecule has 0 bridgehead atoms. The highest BCUT2D eigenvalue weighted by Crippen LogP contribution is 2.19. The Morgan fingerprint density at radius 2 is 2.00 bits per heavy atom. The number of sulfone groups is 1. The van der Waals surface area contributed by atoms with E-state index in [1.54, 1.807) is 0 Å². The minimum absolute atomic E-state index is 0.00484. The van der Waals surface area contributed by atoms with E-state index in [4.69, 9.17) is 0 Å². The molecule has 0 saturated carbocycles. The van der Waals surface area contributed by atoms with Gasteiger partial charge in [-0.2, -0.15) is 4.73 Å². The molecule has 2 amide bonds. The molecule has 0 atom stereocenters. The molecule has 0 spiro atoms. The van der Waals surface area contributed by atoms with Crippen molar-refractivity contribution in [2.24, 2.45) is 4.99 Å². The van der Waals surface area contributed by atoms with E-state index in [-0.39, 0.29) is 27.6 Å². The fraction of sp³-hybridized carbons (Fsp3) is 0.214. The summed E-state index contributed by atoms with van der Waals surface area (Å²) in [5.41, 5.74) is -0.645. The van der Waals surface area contributed by atoms with Gasteiger partial charge in [-0.25, -0.2) is 13.4 Å². The number of hydrogen-bond acceptors (Lipinski definition) is 8. The molecular formula is C14H16N6O5S. The smallest absolute Gasteiger partial charge is 0.273 e. The molecule has 0 unspecified atom stereocenters. The zero-order valence-corrected chi connectivity index (χ0v) is 14.9. The van der Waals surface area contributed by atoms with Crippen molar-refractivity contribution in [1.29, 1.82) is 0 Å².